The summed E-state index contributed by atoms with van der Waals surface area (Å²) in [5.74, 6) is 0.114. The molecule has 0 aliphatic rings. The Balaban J connectivity index is 2.04. The summed E-state index contributed by atoms with van der Waals surface area (Å²) >= 11 is 5.90. The van der Waals surface area contributed by atoms with Crippen LogP contribution in [0.5, 0.6) is 5.75 Å². The van der Waals surface area contributed by atoms with E-state index in [9.17, 15) is 9.50 Å². The monoisotopic (exact) mass is 296 g/mol. The number of halogens is 2. The number of aliphatic hydroxyl groups excluding tert-OH is 2. The zero-order chi connectivity index (χ0) is 14.5. The van der Waals surface area contributed by atoms with Crippen LogP contribution in [0.1, 0.15) is 17.2 Å². The molecule has 0 aliphatic carbocycles. The molecule has 20 heavy (non-hydrogen) atoms. The summed E-state index contributed by atoms with van der Waals surface area (Å²) in [7, 11) is 0. The van der Waals surface area contributed by atoms with Gasteiger partial charge in [-0.05, 0) is 29.8 Å². The first-order valence-electron chi connectivity index (χ1n) is 6.06. The number of hydrogen-bond acceptors (Lipinski definition) is 3. The third-order valence-electron chi connectivity index (χ3n) is 2.88. The topological polar surface area (TPSA) is 49.7 Å². The molecule has 0 saturated carbocycles. The molecule has 0 aromatic heterocycles. The molecular weight excluding hydrogens is 283 g/mol. The fourth-order valence-electron chi connectivity index (χ4n) is 1.72. The first-order valence-corrected chi connectivity index (χ1v) is 6.44. The van der Waals surface area contributed by atoms with Crippen molar-refractivity contribution in [2.75, 3.05) is 6.61 Å². The van der Waals surface area contributed by atoms with Gasteiger partial charge in [0.25, 0.3) is 0 Å². The second-order valence-corrected chi connectivity index (χ2v) is 4.66. The Kier molecular flexibility index (Phi) is 4.95. The first kappa shape index (κ1) is 14.8. The Bertz CT molecular complexity index is 552. The Morgan fingerprint density at radius 3 is 2.45 bits per heavy atom. The van der Waals surface area contributed by atoms with Gasteiger partial charge in [-0.3, -0.25) is 0 Å². The van der Waals surface area contributed by atoms with E-state index in [1.807, 2.05) is 0 Å². The maximum absolute atomic E-state index is 13.5. The van der Waals surface area contributed by atoms with Crippen LogP contribution in [0.15, 0.2) is 42.5 Å². The highest BCUT2D eigenvalue weighted by molar-refractivity contribution is 6.31. The van der Waals surface area contributed by atoms with Crippen molar-refractivity contribution >= 4 is 11.6 Å². The van der Waals surface area contributed by atoms with Crippen molar-refractivity contribution in [3.63, 3.8) is 0 Å². The molecule has 0 saturated heterocycles. The minimum atomic E-state index is -0.912. The van der Waals surface area contributed by atoms with Gasteiger partial charge in [-0.1, -0.05) is 29.8 Å². The highest BCUT2D eigenvalue weighted by Crippen LogP contribution is 2.22. The molecule has 0 radical (unpaired) electrons. The summed E-state index contributed by atoms with van der Waals surface area (Å²) < 4.78 is 19.0. The second-order valence-electron chi connectivity index (χ2n) is 4.26. The van der Waals surface area contributed by atoms with E-state index in [0.29, 0.717) is 21.9 Å². The Morgan fingerprint density at radius 1 is 1.15 bits per heavy atom. The molecule has 0 spiro atoms. The lowest BCUT2D eigenvalue weighted by Crippen LogP contribution is -2.03. The third kappa shape index (κ3) is 3.48. The van der Waals surface area contributed by atoms with Gasteiger partial charge >= 0.3 is 0 Å². The van der Waals surface area contributed by atoms with Crippen LogP contribution in [0.3, 0.4) is 0 Å². The Labute approximate surface area is 121 Å². The summed E-state index contributed by atoms with van der Waals surface area (Å²) in [5, 5.41) is 18.6. The van der Waals surface area contributed by atoms with Crippen LogP contribution in [0.4, 0.5) is 4.39 Å². The lowest BCUT2D eigenvalue weighted by atomic mass is 10.1. The molecule has 1 unspecified atom stereocenters. The highest BCUT2D eigenvalue weighted by atomic mass is 35.5. The number of rotatable bonds is 5. The van der Waals surface area contributed by atoms with Gasteiger partial charge in [-0.2, -0.15) is 0 Å². The number of benzene rings is 2. The van der Waals surface area contributed by atoms with Crippen molar-refractivity contribution < 1.29 is 19.3 Å². The standard InChI is InChI=1S/C15H14ClFO3/c16-13-2-1-3-14(17)12(13)9-20-11-6-4-10(5-7-11)15(19)8-18/h1-7,15,18-19H,8-9H2. The normalized spacial score (nSPS) is 12.2. The average molecular weight is 297 g/mol. The zero-order valence-corrected chi connectivity index (χ0v) is 11.3. The van der Waals surface area contributed by atoms with Gasteiger partial charge in [0.2, 0.25) is 0 Å². The van der Waals surface area contributed by atoms with Gasteiger partial charge in [-0.25, -0.2) is 4.39 Å². The summed E-state index contributed by atoms with van der Waals surface area (Å²) in [6.07, 6.45) is -0.912. The van der Waals surface area contributed by atoms with E-state index in [1.165, 1.54) is 12.1 Å². The maximum Gasteiger partial charge on any atom is 0.131 e. The van der Waals surface area contributed by atoms with Crippen molar-refractivity contribution in [2.45, 2.75) is 12.7 Å². The van der Waals surface area contributed by atoms with E-state index in [4.69, 9.17) is 21.4 Å². The molecule has 0 fully saturated rings. The molecule has 5 heteroatoms. The average Bonchev–Trinajstić information content (AvgIpc) is 2.46. The molecule has 106 valence electrons. The lowest BCUT2D eigenvalue weighted by Gasteiger charge is -2.11. The molecular formula is C15H14ClFO3. The molecule has 0 heterocycles. The highest BCUT2D eigenvalue weighted by Gasteiger charge is 2.09. The zero-order valence-electron chi connectivity index (χ0n) is 10.6. The molecule has 0 amide bonds. The van der Waals surface area contributed by atoms with Crippen molar-refractivity contribution in [1.82, 2.24) is 0 Å². The Morgan fingerprint density at radius 2 is 1.85 bits per heavy atom. The quantitative estimate of drug-likeness (QED) is 0.891. The van der Waals surface area contributed by atoms with Gasteiger partial charge in [0, 0.05) is 5.56 Å². The van der Waals surface area contributed by atoms with Crippen LogP contribution in [0.2, 0.25) is 5.02 Å². The van der Waals surface area contributed by atoms with Gasteiger partial charge in [0.1, 0.15) is 24.3 Å². The van der Waals surface area contributed by atoms with E-state index < -0.39 is 11.9 Å². The van der Waals surface area contributed by atoms with Gasteiger partial charge in [-0.15, -0.1) is 0 Å². The predicted octanol–water partition coefficient (Wildman–Crippen LogP) is 3.08. The predicted molar refractivity (Wildman–Crippen MR) is 74.2 cm³/mol. The first-order chi connectivity index (χ1) is 9.61. The third-order valence-corrected chi connectivity index (χ3v) is 3.24. The summed E-state index contributed by atoms with van der Waals surface area (Å²) in [6, 6.07) is 11.0. The maximum atomic E-state index is 13.5. The largest absolute Gasteiger partial charge is 0.489 e. The summed E-state index contributed by atoms with van der Waals surface area (Å²) in [4.78, 5) is 0. The van der Waals surface area contributed by atoms with Crippen LogP contribution in [-0.4, -0.2) is 16.8 Å². The molecule has 0 bridgehead atoms. The molecule has 2 aromatic rings. The van der Waals surface area contributed by atoms with Crippen LogP contribution in [0, 0.1) is 5.82 Å². The SMILES string of the molecule is OCC(O)c1ccc(OCc2c(F)cccc2Cl)cc1. The molecule has 2 N–H and O–H groups in total. The smallest absolute Gasteiger partial charge is 0.131 e. The van der Waals surface area contributed by atoms with Gasteiger partial charge in [0.05, 0.1) is 11.6 Å². The molecule has 2 aromatic carbocycles. The fourth-order valence-corrected chi connectivity index (χ4v) is 1.93. The molecule has 1 atom stereocenters. The van der Waals surface area contributed by atoms with Gasteiger partial charge < -0.3 is 14.9 Å². The van der Waals surface area contributed by atoms with Crippen LogP contribution in [-0.2, 0) is 6.61 Å². The summed E-state index contributed by atoms with van der Waals surface area (Å²) in [5.41, 5.74) is 0.886. The van der Waals surface area contributed by atoms with Crippen LogP contribution in [0.25, 0.3) is 0 Å². The van der Waals surface area contributed by atoms with E-state index in [-0.39, 0.29) is 13.2 Å². The number of ether oxygens (including phenoxy) is 1. The summed E-state index contributed by atoms with van der Waals surface area (Å²) in [6.45, 7) is -0.321. The van der Waals surface area contributed by atoms with E-state index in [2.05, 4.69) is 0 Å². The van der Waals surface area contributed by atoms with E-state index >= 15 is 0 Å². The minimum Gasteiger partial charge on any atom is -0.489 e. The fraction of sp³-hybridized carbons (Fsp3) is 0.200. The van der Waals surface area contributed by atoms with Crippen molar-refractivity contribution in [3.05, 3.63) is 64.4 Å². The second kappa shape index (κ2) is 6.70. The molecule has 0 aliphatic heterocycles. The van der Waals surface area contributed by atoms with E-state index in [1.54, 1.807) is 30.3 Å². The van der Waals surface area contributed by atoms with Crippen LogP contribution < -0.4 is 4.74 Å². The van der Waals surface area contributed by atoms with Crippen LogP contribution >= 0.6 is 11.6 Å². The van der Waals surface area contributed by atoms with Crippen molar-refractivity contribution in [2.24, 2.45) is 0 Å². The number of hydrogen-bond donors (Lipinski definition) is 2. The van der Waals surface area contributed by atoms with E-state index in [0.717, 1.165) is 0 Å². The Hall–Kier alpha value is -1.62. The van der Waals surface area contributed by atoms with Gasteiger partial charge in [0.15, 0.2) is 0 Å². The minimum absolute atomic E-state index is 0.0212. The molecule has 3 nitrogen and oxygen atoms in total. The lowest BCUT2D eigenvalue weighted by molar-refractivity contribution is 0.0955. The number of aliphatic hydroxyl groups is 2. The van der Waals surface area contributed by atoms with Crippen molar-refractivity contribution in [1.29, 1.82) is 0 Å². The molecule has 2 rings (SSSR count). The van der Waals surface area contributed by atoms with Crippen molar-refractivity contribution in [3.8, 4) is 5.75 Å².